The van der Waals surface area contributed by atoms with Crippen LogP contribution in [-0.2, 0) is 20.9 Å². The summed E-state index contributed by atoms with van der Waals surface area (Å²) < 4.78 is 36.1. The molecule has 1 atom stereocenters. The number of aryl methyl sites for hydroxylation is 3. The molecule has 0 bridgehead atoms. The molecule has 0 N–H and O–H groups in total. The van der Waals surface area contributed by atoms with E-state index in [0.717, 1.165) is 11.1 Å². The quantitative estimate of drug-likeness (QED) is 0.137. The maximum atomic E-state index is 14.3. The lowest BCUT2D eigenvalue weighted by Crippen LogP contribution is -2.40. The Bertz CT molecular complexity index is 2050. The first-order valence-electron chi connectivity index (χ1n) is 16.0. The highest BCUT2D eigenvalue weighted by atomic mass is 32.1. The van der Waals surface area contributed by atoms with E-state index in [1.54, 1.807) is 39.4 Å². The third-order valence-corrected chi connectivity index (χ3v) is 9.26. The van der Waals surface area contributed by atoms with E-state index in [1.165, 1.54) is 39.7 Å². The molecule has 0 spiro atoms. The molecule has 1 aromatic heterocycles. The minimum absolute atomic E-state index is 0.0471. The summed E-state index contributed by atoms with van der Waals surface area (Å²) in [6.45, 7) is 10.9. The number of thiazole rings is 1. The number of hydrogen-bond acceptors (Lipinski definition) is 10. The number of esters is 1. The van der Waals surface area contributed by atoms with Crippen molar-refractivity contribution < 1.29 is 33.2 Å². The van der Waals surface area contributed by atoms with Gasteiger partial charge in [0.25, 0.3) is 5.56 Å². The lowest BCUT2D eigenvalue weighted by Gasteiger charge is -2.27. The maximum absolute atomic E-state index is 14.3. The van der Waals surface area contributed by atoms with Gasteiger partial charge in [0.2, 0.25) is 0 Å². The van der Waals surface area contributed by atoms with Crippen molar-refractivity contribution >= 4 is 23.4 Å². The molecule has 0 aliphatic carbocycles. The van der Waals surface area contributed by atoms with Crippen LogP contribution in [0.1, 0.15) is 53.3 Å². The van der Waals surface area contributed by atoms with Crippen molar-refractivity contribution in [2.75, 3.05) is 41.2 Å². The van der Waals surface area contributed by atoms with Gasteiger partial charge < -0.3 is 28.4 Å². The van der Waals surface area contributed by atoms with Crippen LogP contribution in [0.25, 0.3) is 6.08 Å². The number of carbonyl (C=O) groups excluding carboxylic acids is 1. The zero-order chi connectivity index (χ0) is 35.2. The van der Waals surface area contributed by atoms with Gasteiger partial charge in [-0.1, -0.05) is 47.2 Å². The van der Waals surface area contributed by atoms with Crippen LogP contribution in [0.4, 0.5) is 0 Å². The Hall–Kier alpha value is -4.87. The van der Waals surface area contributed by atoms with Crippen LogP contribution in [0.2, 0.25) is 0 Å². The number of rotatable bonds is 13. The number of aromatic nitrogens is 1. The van der Waals surface area contributed by atoms with Gasteiger partial charge in [-0.05, 0) is 81.1 Å². The summed E-state index contributed by atoms with van der Waals surface area (Å²) in [5.41, 5.74) is 6.34. The van der Waals surface area contributed by atoms with E-state index in [4.69, 9.17) is 33.4 Å². The van der Waals surface area contributed by atoms with E-state index in [1.807, 2.05) is 31.2 Å². The van der Waals surface area contributed by atoms with Crippen LogP contribution < -0.4 is 33.8 Å². The summed E-state index contributed by atoms with van der Waals surface area (Å²) in [5, 5.41) is 0. The summed E-state index contributed by atoms with van der Waals surface area (Å²) >= 11 is 1.23. The molecule has 0 saturated carbocycles. The number of benzene rings is 3. The third kappa shape index (κ3) is 7.42. The summed E-state index contributed by atoms with van der Waals surface area (Å²) in [5.74, 6) is 1.44. The number of ether oxygens (including phenoxy) is 6. The molecular weight excluding hydrogens is 644 g/mol. The van der Waals surface area contributed by atoms with Crippen LogP contribution in [0.5, 0.6) is 23.0 Å². The summed E-state index contributed by atoms with van der Waals surface area (Å²) in [6.07, 6.45) is 1.78. The first-order valence-corrected chi connectivity index (χ1v) is 16.8. The van der Waals surface area contributed by atoms with Gasteiger partial charge in [-0.25, -0.2) is 9.79 Å². The van der Waals surface area contributed by atoms with E-state index >= 15 is 0 Å². The van der Waals surface area contributed by atoms with Crippen LogP contribution in [0.15, 0.2) is 69.6 Å². The fraction of sp³-hybridized carbons (Fsp3) is 0.342. The van der Waals surface area contributed by atoms with E-state index in [9.17, 15) is 9.59 Å². The minimum atomic E-state index is -0.885. The van der Waals surface area contributed by atoms with Crippen molar-refractivity contribution in [2.24, 2.45) is 4.99 Å². The van der Waals surface area contributed by atoms with Crippen molar-refractivity contribution in [3.8, 4) is 23.0 Å². The monoisotopic (exact) mass is 686 g/mol. The lowest BCUT2D eigenvalue weighted by atomic mass is 9.94. The molecule has 49 heavy (non-hydrogen) atoms. The molecule has 0 radical (unpaired) electrons. The number of carbonyl (C=O) groups is 1. The molecule has 1 aliphatic rings. The minimum Gasteiger partial charge on any atom is -0.493 e. The van der Waals surface area contributed by atoms with Crippen molar-refractivity contribution in [3.63, 3.8) is 0 Å². The van der Waals surface area contributed by atoms with Gasteiger partial charge in [0, 0.05) is 12.7 Å². The second-order valence-corrected chi connectivity index (χ2v) is 12.6. The Balaban J connectivity index is 1.58. The van der Waals surface area contributed by atoms with Crippen LogP contribution in [0.3, 0.4) is 0 Å². The highest BCUT2D eigenvalue weighted by Gasteiger charge is 2.36. The van der Waals surface area contributed by atoms with Gasteiger partial charge in [-0.15, -0.1) is 0 Å². The topological polar surface area (TPSA) is 107 Å². The highest BCUT2D eigenvalue weighted by molar-refractivity contribution is 7.07. The average molecular weight is 687 g/mol. The second kappa shape index (κ2) is 15.6. The largest absolute Gasteiger partial charge is 0.493 e. The highest BCUT2D eigenvalue weighted by Crippen LogP contribution is 2.41. The molecule has 11 heteroatoms. The molecule has 2 heterocycles. The Labute approximate surface area is 289 Å². The molecule has 4 aromatic rings. The summed E-state index contributed by atoms with van der Waals surface area (Å²) in [4.78, 5) is 33.0. The smallest absolute Gasteiger partial charge is 0.338 e. The molecule has 0 saturated heterocycles. The SMILES string of the molecule is CCOc1c(OC)cccc1[C@H]1C(C(=O)OCCOC)=C(C)N=c2s/c(=C/c3ccc(OCc4c(C)cc(C)cc4C)c(OC)c3)c(=O)n21. The Morgan fingerprint density at radius 3 is 2.33 bits per heavy atom. The predicted molar refractivity (Wildman–Crippen MR) is 189 cm³/mol. The molecule has 0 unspecified atom stereocenters. The van der Waals surface area contributed by atoms with E-state index in [-0.39, 0.29) is 24.3 Å². The Morgan fingerprint density at radius 2 is 1.65 bits per heavy atom. The molecule has 5 rings (SSSR count). The third-order valence-electron chi connectivity index (χ3n) is 8.27. The second-order valence-electron chi connectivity index (χ2n) is 11.6. The molecule has 258 valence electrons. The zero-order valence-electron chi connectivity index (χ0n) is 29.2. The van der Waals surface area contributed by atoms with Gasteiger partial charge >= 0.3 is 5.97 Å². The number of nitrogens with zero attached hydrogens (tertiary/aromatic N) is 2. The normalized spacial score (nSPS) is 14.3. The van der Waals surface area contributed by atoms with Crippen molar-refractivity contribution in [3.05, 3.63) is 113 Å². The standard InChI is InChI=1S/C38H42N2O8S/c1-9-46-35-27(11-10-12-30(35)44-7)34-33(37(42)47-16-15-43-6)25(5)39-38-40(34)36(41)32(49-38)20-26-13-14-29(31(19-26)45-8)48-21-28-23(3)17-22(2)18-24(28)4/h10-14,17-20,34H,9,15-16,21H2,1-8H3/b32-20+/t34-/m0/s1. The lowest BCUT2D eigenvalue weighted by molar-refractivity contribution is -0.140. The number of para-hydroxylation sites is 1. The zero-order valence-corrected chi connectivity index (χ0v) is 30.0. The number of methoxy groups -OCH3 is 3. The van der Waals surface area contributed by atoms with Crippen LogP contribution in [0, 0.1) is 20.8 Å². The number of allylic oxidation sites excluding steroid dienone is 1. The van der Waals surface area contributed by atoms with Crippen molar-refractivity contribution in [1.82, 2.24) is 4.57 Å². The van der Waals surface area contributed by atoms with Crippen LogP contribution in [-0.4, -0.2) is 51.7 Å². The van der Waals surface area contributed by atoms with Crippen LogP contribution >= 0.6 is 11.3 Å². The first-order chi connectivity index (χ1) is 23.6. The van der Waals surface area contributed by atoms with E-state index in [0.29, 0.717) is 56.8 Å². The molecule has 1 aliphatic heterocycles. The fourth-order valence-corrected chi connectivity index (χ4v) is 7.06. The van der Waals surface area contributed by atoms with E-state index in [2.05, 4.69) is 32.9 Å². The summed E-state index contributed by atoms with van der Waals surface area (Å²) in [7, 11) is 4.66. The number of fused-ring (bicyclic) bond motifs is 1. The fourth-order valence-electron chi connectivity index (χ4n) is 6.01. The molecule has 3 aromatic carbocycles. The van der Waals surface area contributed by atoms with Gasteiger partial charge in [0.1, 0.15) is 19.3 Å². The Kier molecular flexibility index (Phi) is 11.3. The van der Waals surface area contributed by atoms with Gasteiger partial charge in [0.15, 0.2) is 27.8 Å². The average Bonchev–Trinajstić information content (AvgIpc) is 3.37. The van der Waals surface area contributed by atoms with Gasteiger partial charge in [0.05, 0.1) is 43.2 Å². The molecular formula is C38H42N2O8S. The van der Waals surface area contributed by atoms with Crippen molar-refractivity contribution in [1.29, 1.82) is 0 Å². The van der Waals surface area contributed by atoms with Crippen molar-refractivity contribution in [2.45, 2.75) is 47.3 Å². The Morgan fingerprint density at radius 1 is 0.918 bits per heavy atom. The molecule has 0 amide bonds. The predicted octanol–water partition coefficient (Wildman–Crippen LogP) is 5.34. The number of hydrogen-bond donors (Lipinski definition) is 0. The van der Waals surface area contributed by atoms with Gasteiger partial charge in [-0.3, -0.25) is 9.36 Å². The summed E-state index contributed by atoms with van der Waals surface area (Å²) in [6, 6.07) is 14.3. The van der Waals surface area contributed by atoms with E-state index < -0.39 is 12.0 Å². The molecule has 0 fully saturated rings. The first kappa shape index (κ1) is 35.4. The molecule has 10 nitrogen and oxygen atoms in total. The maximum Gasteiger partial charge on any atom is 0.338 e. The van der Waals surface area contributed by atoms with Gasteiger partial charge in [-0.2, -0.15) is 0 Å².